The molecule has 5 aliphatic rings. The Morgan fingerprint density at radius 2 is 1.80 bits per heavy atom. The topological polar surface area (TPSA) is 127 Å². The summed E-state index contributed by atoms with van der Waals surface area (Å²) in [5, 5.41) is 29.8. The molecule has 5 fully saturated rings. The Kier molecular flexibility index (Phi) is 13.4. The number of para-hydroxylation sites is 1. The van der Waals surface area contributed by atoms with Crippen LogP contribution in [-0.2, 0) is 16.2 Å². The molecule has 1 heterocycles. The maximum absolute atomic E-state index is 14.3. The molecule has 9 atom stereocenters. The molecule has 2 aromatic carbocycles. The Morgan fingerprint density at radius 3 is 2.41 bits per heavy atom. The van der Waals surface area contributed by atoms with Crippen molar-refractivity contribution < 1.29 is 29.4 Å². The number of nitrogens with zero attached hydrogens (tertiary/aromatic N) is 3. The third kappa shape index (κ3) is 8.92. The van der Waals surface area contributed by atoms with Crippen molar-refractivity contribution in [2.24, 2.45) is 35.0 Å². The summed E-state index contributed by atoms with van der Waals surface area (Å²) in [6.07, 6.45) is 7.77. The van der Waals surface area contributed by atoms with Crippen molar-refractivity contribution in [3.8, 4) is 16.9 Å². The molecule has 2 aromatic rings. The summed E-state index contributed by atoms with van der Waals surface area (Å²) in [6, 6.07) is 11.1. The predicted octanol–water partition coefficient (Wildman–Crippen LogP) is 5.72. The maximum atomic E-state index is 14.3. The van der Waals surface area contributed by atoms with E-state index >= 15 is 0 Å². The first-order valence-corrected chi connectivity index (χ1v) is 21.1. The summed E-state index contributed by atoms with van der Waals surface area (Å²) in [7, 11) is 9.68. The second-order valence-corrected chi connectivity index (χ2v) is 18.6. The van der Waals surface area contributed by atoms with Crippen LogP contribution in [0.4, 0.5) is 5.69 Å². The van der Waals surface area contributed by atoms with E-state index in [4.69, 9.17) is 9.57 Å². The first-order chi connectivity index (χ1) is 26.6. The lowest BCUT2D eigenvalue weighted by molar-refractivity contribution is -0.183. The quantitative estimate of drug-likeness (QED) is 0.180. The number of aliphatic hydroxyl groups is 2. The Labute approximate surface area is 335 Å². The number of hydrogen-bond donors (Lipinski definition) is 4. The first-order valence-electron chi connectivity index (χ1n) is 21.1. The number of amides is 2. The van der Waals surface area contributed by atoms with Crippen molar-refractivity contribution >= 4 is 17.5 Å². The van der Waals surface area contributed by atoms with Crippen LogP contribution in [0.25, 0.3) is 11.1 Å². The Morgan fingerprint density at radius 1 is 1.07 bits per heavy atom. The minimum absolute atomic E-state index is 0.0441. The van der Waals surface area contributed by atoms with Crippen LogP contribution < -0.4 is 20.3 Å². The van der Waals surface area contributed by atoms with Crippen LogP contribution in [0.3, 0.4) is 0 Å². The summed E-state index contributed by atoms with van der Waals surface area (Å²) < 4.78 is 6.13. The molecule has 4 aliphatic carbocycles. The van der Waals surface area contributed by atoms with Crippen LogP contribution in [-0.4, -0.2) is 111 Å². The van der Waals surface area contributed by atoms with Gasteiger partial charge in [0, 0.05) is 61.0 Å². The molecule has 0 unspecified atom stereocenters. The summed E-state index contributed by atoms with van der Waals surface area (Å²) in [6.45, 7) is 9.22. The molecule has 0 spiro atoms. The SMILES string of the molecule is COc1c(CN2O[C@@H](CO)[C@H]([C@H](C)O)[C@H]2C(=O)N[C@H]2C[C@H]3C[C@@H]([C@@H]2C)C3(C)C)cccc1-c1cc(C(=O)N[C@H](CC2CCCCC2)CN(C)C)cc(N(C)C)c1. The molecule has 11 heteroatoms. The maximum Gasteiger partial charge on any atom is 0.251 e. The highest BCUT2D eigenvalue weighted by molar-refractivity contribution is 5.97. The summed E-state index contributed by atoms with van der Waals surface area (Å²) in [5.41, 5.74) is 4.16. The van der Waals surface area contributed by atoms with E-state index in [1.54, 1.807) is 19.1 Å². The van der Waals surface area contributed by atoms with Gasteiger partial charge in [0.05, 0.1) is 26.4 Å². The van der Waals surface area contributed by atoms with Gasteiger partial charge in [-0.05, 0) is 93.1 Å². The number of carbonyl (C=O) groups is 2. The fraction of sp³-hybridized carbons (Fsp3) is 0.689. The highest BCUT2D eigenvalue weighted by atomic mass is 16.7. The van der Waals surface area contributed by atoms with Crippen molar-refractivity contribution in [3.05, 3.63) is 47.5 Å². The fourth-order valence-corrected chi connectivity index (χ4v) is 10.7. The third-order valence-corrected chi connectivity index (χ3v) is 14.0. The minimum atomic E-state index is -0.893. The largest absolute Gasteiger partial charge is 0.496 e. The van der Waals surface area contributed by atoms with E-state index in [1.165, 1.54) is 38.5 Å². The molecule has 11 nitrogen and oxygen atoms in total. The number of likely N-dealkylation sites (N-methyl/N-ethyl adjacent to an activating group) is 1. The average Bonchev–Trinajstić information content (AvgIpc) is 3.53. The molecule has 1 saturated heterocycles. The van der Waals surface area contributed by atoms with Crippen molar-refractivity contribution in [1.29, 1.82) is 0 Å². The van der Waals surface area contributed by atoms with Crippen LogP contribution >= 0.6 is 0 Å². The standard InChI is InChI=1S/C45H69N5O6/c1-27-37-22-33(45(37,3)4)23-38(27)47-44(54)41-40(28(2)52)39(26-51)56-50(41)24-30-16-13-17-36(42(30)55-9)31-19-32(21-35(20-31)49(7)8)43(53)46-34(25-48(5)6)18-29-14-11-10-12-15-29/h13,16-17,19-21,27-29,33-34,37-41,51-52H,10-12,14-15,18,22-26H2,1-9H3,(H,46,53)(H,47,54)/t27-,28-,33+,34+,37-,38-,39-,40-,41-/m0/s1. The minimum Gasteiger partial charge on any atom is -0.496 e. The van der Waals surface area contributed by atoms with Gasteiger partial charge in [-0.1, -0.05) is 71.1 Å². The molecule has 7 rings (SSSR count). The van der Waals surface area contributed by atoms with E-state index < -0.39 is 24.2 Å². The molecule has 2 amide bonds. The number of benzene rings is 2. The van der Waals surface area contributed by atoms with Gasteiger partial charge in [0.1, 0.15) is 17.9 Å². The van der Waals surface area contributed by atoms with Gasteiger partial charge >= 0.3 is 0 Å². The van der Waals surface area contributed by atoms with E-state index in [0.717, 1.165) is 41.8 Å². The average molecular weight is 776 g/mol. The number of anilines is 1. The van der Waals surface area contributed by atoms with E-state index in [9.17, 15) is 19.8 Å². The van der Waals surface area contributed by atoms with Gasteiger partial charge in [0.25, 0.3) is 5.91 Å². The summed E-state index contributed by atoms with van der Waals surface area (Å²) >= 11 is 0. The molecule has 1 aliphatic heterocycles. The number of hydrogen-bond acceptors (Lipinski definition) is 9. The lowest BCUT2D eigenvalue weighted by atomic mass is 9.45. The molecule has 56 heavy (non-hydrogen) atoms. The van der Waals surface area contributed by atoms with Crippen molar-refractivity contribution in [3.63, 3.8) is 0 Å². The van der Waals surface area contributed by atoms with Crippen LogP contribution in [0.2, 0.25) is 0 Å². The van der Waals surface area contributed by atoms with E-state index in [1.807, 2.05) is 49.3 Å². The van der Waals surface area contributed by atoms with Crippen molar-refractivity contribution in [2.75, 3.05) is 53.4 Å². The van der Waals surface area contributed by atoms with Crippen LogP contribution in [0.15, 0.2) is 36.4 Å². The number of rotatable bonds is 15. The molecule has 310 valence electrons. The lowest BCUT2D eigenvalue weighted by Crippen LogP contribution is -2.62. The Balaban J connectivity index is 1.27. The van der Waals surface area contributed by atoms with Gasteiger partial charge in [0.2, 0.25) is 5.91 Å². The lowest BCUT2D eigenvalue weighted by Gasteiger charge is -2.62. The number of nitrogens with one attached hydrogen (secondary N) is 2. The predicted molar refractivity (Wildman–Crippen MR) is 221 cm³/mol. The number of hydroxylamine groups is 2. The van der Waals surface area contributed by atoms with Crippen molar-refractivity contribution in [2.45, 2.75) is 116 Å². The van der Waals surface area contributed by atoms with E-state index in [2.05, 4.69) is 56.5 Å². The summed E-state index contributed by atoms with van der Waals surface area (Å²) in [4.78, 5) is 38.8. The number of aliphatic hydroxyl groups excluding tert-OH is 2. The smallest absolute Gasteiger partial charge is 0.251 e. The second kappa shape index (κ2) is 17.7. The number of methoxy groups -OCH3 is 1. The van der Waals surface area contributed by atoms with Crippen LogP contribution in [0.5, 0.6) is 5.75 Å². The van der Waals surface area contributed by atoms with Crippen LogP contribution in [0.1, 0.15) is 95.0 Å². The molecule has 4 saturated carbocycles. The first kappa shape index (κ1) is 42.4. The zero-order valence-electron chi connectivity index (χ0n) is 35.4. The Bertz CT molecular complexity index is 1670. The molecular formula is C45H69N5O6. The van der Waals surface area contributed by atoms with Gasteiger partial charge in [-0.25, -0.2) is 0 Å². The monoisotopic (exact) mass is 776 g/mol. The van der Waals surface area contributed by atoms with Crippen LogP contribution in [0, 0.1) is 35.0 Å². The van der Waals surface area contributed by atoms with Gasteiger partial charge in [-0.15, -0.1) is 0 Å². The van der Waals surface area contributed by atoms with Gasteiger partial charge < -0.3 is 35.4 Å². The summed E-state index contributed by atoms with van der Waals surface area (Å²) in [5.74, 6) is 1.79. The van der Waals surface area contributed by atoms with Gasteiger partial charge in [0.15, 0.2) is 0 Å². The van der Waals surface area contributed by atoms with E-state index in [-0.39, 0.29) is 42.5 Å². The van der Waals surface area contributed by atoms with Gasteiger partial charge in [-0.2, -0.15) is 5.06 Å². The van der Waals surface area contributed by atoms with E-state index in [0.29, 0.717) is 35.0 Å². The molecule has 2 bridgehead atoms. The zero-order chi connectivity index (χ0) is 40.5. The molecule has 4 N–H and O–H groups in total. The number of ether oxygens (including phenoxy) is 1. The molecule has 0 aromatic heterocycles. The fourth-order valence-electron chi connectivity index (χ4n) is 10.7. The normalized spacial score (nSPS) is 28.7. The molecular weight excluding hydrogens is 707 g/mol. The zero-order valence-corrected chi connectivity index (χ0v) is 35.4. The number of fused-ring (bicyclic) bond motifs is 2. The van der Waals surface area contributed by atoms with Gasteiger partial charge in [-0.3, -0.25) is 14.4 Å². The highest BCUT2D eigenvalue weighted by Gasteiger charge is 2.57. The molecule has 0 radical (unpaired) electrons. The van der Waals surface area contributed by atoms with Crippen molar-refractivity contribution in [1.82, 2.24) is 20.6 Å². The Hall–Kier alpha value is -3.22. The number of carbonyl (C=O) groups excluding carboxylic acids is 2. The highest BCUT2D eigenvalue weighted by Crippen LogP contribution is 2.61. The third-order valence-electron chi connectivity index (χ3n) is 14.0. The second-order valence-electron chi connectivity index (χ2n) is 18.6.